The molecule has 1 atom stereocenters. The Hall–Kier alpha value is -2.01. The summed E-state index contributed by atoms with van der Waals surface area (Å²) in [6.45, 7) is 2.53. The normalized spacial score (nSPS) is 12.2. The molecular formula is C16H16F3NO. The number of hydrogen-bond acceptors (Lipinski definition) is 2. The van der Waals surface area contributed by atoms with Crippen LogP contribution in [0.1, 0.15) is 30.5 Å². The van der Waals surface area contributed by atoms with Crippen molar-refractivity contribution in [2.75, 3.05) is 6.61 Å². The van der Waals surface area contributed by atoms with Crippen molar-refractivity contribution in [3.8, 4) is 5.75 Å². The minimum Gasteiger partial charge on any atom is -0.494 e. The fraction of sp³-hybridized carbons (Fsp3) is 0.250. The third-order valence-electron chi connectivity index (χ3n) is 3.06. The van der Waals surface area contributed by atoms with E-state index in [4.69, 9.17) is 10.5 Å². The number of halogens is 3. The van der Waals surface area contributed by atoms with Crippen LogP contribution in [0.4, 0.5) is 13.2 Å². The summed E-state index contributed by atoms with van der Waals surface area (Å²) in [5.41, 5.74) is 6.42. The summed E-state index contributed by atoms with van der Waals surface area (Å²) in [6, 6.07) is 7.22. The molecule has 0 fully saturated rings. The maximum absolute atomic E-state index is 13.8. The summed E-state index contributed by atoms with van der Waals surface area (Å²) in [5.74, 6) is -2.63. The molecule has 0 amide bonds. The number of nitrogens with two attached hydrogens (primary N) is 1. The molecule has 0 saturated carbocycles. The fourth-order valence-electron chi connectivity index (χ4n) is 1.97. The Labute approximate surface area is 121 Å². The highest BCUT2D eigenvalue weighted by Crippen LogP contribution is 2.26. The average Bonchev–Trinajstić information content (AvgIpc) is 2.48. The van der Waals surface area contributed by atoms with E-state index in [1.807, 2.05) is 6.92 Å². The van der Waals surface area contributed by atoms with Crippen molar-refractivity contribution in [2.24, 2.45) is 5.73 Å². The van der Waals surface area contributed by atoms with Gasteiger partial charge in [0.15, 0.2) is 11.6 Å². The van der Waals surface area contributed by atoms with Gasteiger partial charge in [0.1, 0.15) is 11.6 Å². The lowest BCUT2D eigenvalue weighted by molar-refractivity contribution is 0.317. The van der Waals surface area contributed by atoms with Crippen LogP contribution < -0.4 is 10.5 Å². The molecule has 21 heavy (non-hydrogen) atoms. The quantitative estimate of drug-likeness (QED) is 0.848. The van der Waals surface area contributed by atoms with Crippen molar-refractivity contribution in [2.45, 2.75) is 19.4 Å². The maximum atomic E-state index is 13.8. The molecular weight excluding hydrogens is 279 g/mol. The van der Waals surface area contributed by atoms with Gasteiger partial charge in [0.05, 0.1) is 12.6 Å². The van der Waals surface area contributed by atoms with Gasteiger partial charge in [-0.15, -0.1) is 0 Å². The van der Waals surface area contributed by atoms with Gasteiger partial charge in [-0.3, -0.25) is 0 Å². The van der Waals surface area contributed by atoms with Crippen LogP contribution in [0.2, 0.25) is 0 Å². The molecule has 0 aliphatic rings. The molecule has 1 unspecified atom stereocenters. The summed E-state index contributed by atoms with van der Waals surface area (Å²) >= 11 is 0. The number of hydrogen-bond donors (Lipinski definition) is 1. The number of ether oxygens (including phenoxy) is 1. The highest BCUT2D eigenvalue weighted by atomic mass is 19.2. The lowest BCUT2D eigenvalue weighted by atomic mass is 9.98. The van der Waals surface area contributed by atoms with E-state index >= 15 is 0 Å². The van der Waals surface area contributed by atoms with Crippen LogP contribution in [-0.4, -0.2) is 6.61 Å². The van der Waals surface area contributed by atoms with E-state index < -0.39 is 23.5 Å². The Morgan fingerprint density at radius 3 is 2.48 bits per heavy atom. The third kappa shape index (κ3) is 3.55. The highest BCUT2D eigenvalue weighted by molar-refractivity contribution is 5.37. The molecule has 5 heteroatoms. The van der Waals surface area contributed by atoms with Crippen molar-refractivity contribution in [1.29, 1.82) is 0 Å². The highest BCUT2D eigenvalue weighted by Gasteiger charge is 2.17. The van der Waals surface area contributed by atoms with Gasteiger partial charge < -0.3 is 10.5 Å². The summed E-state index contributed by atoms with van der Waals surface area (Å²) in [4.78, 5) is 0. The lowest BCUT2D eigenvalue weighted by Gasteiger charge is -2.15. The molecule has 0 bridgehead atoms. The second kappa shape index (κ2) is 6.63. The zero-order valence-corrected chi connectivity index (χ0v) is 11.6. The van der Waals surface area contributed by atoms with Crippen molar-refractivity contribution < 1.29 is 17.9 Å². The van der Waals surface area contributed by atoms with E-state index in [1.165, 1.54) is 0 Å². The standard InChI is InChI=1S/C16H16F3NO/c1-2-6-21-11-5-3-4-10(7-11)16(20)12-8-14(18)15(19)9-13(12)17/h3-5,7-9,16H,2,6,20H2,1H3. The number of benzene rings is 2. The Morgan fingerprint density at radius 2 is 1.76 bits per heavy atom. The van der Waals surface area contributed by atoms with Gasteiger partial charge in [-0.2, -0.15) is 0 Å². The topological polar surface area (TPSA) is 35.2 Å². The predicted molar refractivity (Wildman–Crippen MR) is 74.6 cm³/mol. The van der Waals surface area contributed by atoms with Crippen molar-refractivity contribution in [3.05, 3.63) is 65.0 Å². The Kier molecular flexibility index (Phi) is 4.85. The summed E-state index contributed by atoms with van der Waals surface area (Å²) in [7, 11) is 0. The van der Waals surface area contributed by atoms with Crippen LogP contribution in [-0.2, 0) is 0 Å². The minimum absolute atomic E-state index is 0.0958. The largest absolute Gasteiger partial charge is 0.494 e. The van der Waals surface area contributed by atoms with E-state index in [-0.39, 0.29) is 5.56 Å². The number of rotatable bonds is 5. The first-order valence-electron chi connectivity index (χ1n) is 6.65. The molecule has 0 saturated heterocycles. The van der Waals surface area contributed by atoms with E-state index in [1.54, 1.807) is 24.3 Å². The second-order valence-electron chi connectivity index (χ2n) is 4.69. The predicted octanol–water partition coefficient (Wildman–Crippen LogP) is 3.94. The van der Waals surface area contributed by atoms with E-state index in [9.17, 15) is 13.2 Å². The SMILES string of the molecule is CCCOc1cccc(C(N)c2cc(F)c(F)cc2F)c1. The van der Waals surface area contributed by atoms with Gasteiger partial charge in [0, 0.05) is 11.6 Å². The zero-order chi connectivity index (χ0) is 15.4. The van der Waals surface area contributed by atoms with Crippen LogP contribution in [0.25, 0.3) is 0 Å². The first-order valence-corrected chi connectivity index (χ1v) is 6.65. The van der Waals surface area contributed by atoms with Crippen molar-refractivity contribution >= 4 is 0 Å². The molecule has 2 aromatic carbocycles. The molecule has 2 rings (SSSR count). The lowest BCUT2D eigenvalue weighted by Crippen LogP contribution is -2.14. The monoisotopic (exact) mass is 295 g/mol. The second-order valence-corrected chi connectivity index (χ2v) is 4.69. The van der Waals surface area contributed by atoms with E-state index in [0.717, 1.165) is 12.5 Å². The molecule has 2 nitrogen and oxygen atoms in total. The fourth-order valence-corrected chi connectivity index (χ4v) is 1.97. The zero-order valence-electron chi connectivity index (χ0n) is 11.6. The molecule has 2 N–H and O–H groups in total. The Morgan fingerprint density at radius 1 is 1.05 bits per heavy atom. The summed E-state index contributed by atoms with van der Waals surface area (Å²) in [5, 5.41) is 0. The van der Waals surface area contributed by atoms with Gasteiger partial charge in [-0.25, -0.2) is 13.2 Å². The van der Waals surface area contributed by atoms with Gasteiger partial charge in [0.25, 0.3) is 0 Å². The molecule has 0 radical (unpaired) electrons. The van der Waals surface area contributed by atoms with Crippen LogP contribution in [0, 0.1) is 17.5 Å². The molecule has 112 valence electrons. The van der Waals surface area contributed by atoms with Crippen LogP contribution in [0.15, 0.2) is 36.4 Å². The Bertz CT molecular complexity index is 631. The molecule has 0 aliphatic carbocycles. The van der Waals surface area contributed by atoms with E-state index in [0.29, 0.717) is 24.0 Å². The van der Waals surface area contributed by atoms with Crippen molar-refractivity contribution in [1.82, 2.24) is 0 Å². The summed E-state index contributed by atoms with van der Waals surface area (Å²) < 4.78 is 45.4. The molecule has 0 aliphatic heterocycles. The smallest absolute Gasteiger partial charge is 0.161 e. The average molecular weight is 295 g/mol. The van der Waals surface area contributed by atoms with Gasteiger partial charge in [-0.05, 0) is 30.2 Å². The van der Waals surface area contributed by atoms with Gasteiger partial charge in [-0.1, -0.05) is 19.1 Å². The van der Waals surface area contributed by atoms with Crippen LogP contribution in [0.5, 0.6) is 5.75 Å². The third-order valence-corrected chi connectivity index (χ3v) is 3.06. The molecule has 0 aromatic heterocycles. The van der Waals surface area contributed by atoms with Gasteiger partial charge >= 0.3 is 0 Å². The van der Waals surface area contributed by atoms with E-state index in [2.05, 4.69) is 0 Å². The maximum Gasteiger partial charge on any atom is 0.161 e. The molecule has 0 heterocycles. The van der Waals surface area contributed by atoms with Gasteiger partial charge in [0.2, 0.25) is 0 Å². The Balaban J connectivity index is 2.31. The minimum atomic E-state index is -1.23. The first kappa shape index (κ1) is 15.4. The molecule has 0 spiro atoms. The summed E-state index contributed by atoms with van der Waals surface area (Å²) in [6.07, 6.45) is 0.855. The van der Waals surface area contributed by atoms with Crippen LogP contribution in [0.3, 0.4) is 0 Å². The van der Waals surface area contributed by atoms with Crippen LogP contribution >= 0.6 is 0 Å². The van der Waals surface area contributed by atoms with Crippen molar-refractivity contribution in [3.63, 3.8) is 0 Å². The first-order chi connectivity index (χ1) is 10.0. The molecule has 2 aromatic rings.